The van der Waals surface area contributed by atoms with Gasteiger partial charge >= 0.3 is 7.82 Å². The summed E-state index contributed by atoms with van der Waals surface area (Å²) >= 11 is 3.48. The summed E-state index contributed by atoms with van der Waals surface area (Å²) in [7, 11) is -4.26. The summed E-state index contributed by atoms with van der Waals surface area (Å²) in [6.45, 7) is 0.168. The van der Waals surface area contributed by atoms with Crippen LogP contribution in [-0.4, -0.2) is 21.7 Å². The topological polar surface area (TPSA) is 66.8 Å². The number of rotatable bonds is 21. The summed E-state index contributed by atoms with van der Waals surface area (Å²) < 4.78 is 14.9. The lowest BCUT2D eigenvalue weighted by atomic mass is 10.0. The zero-order valence-electron chi connectivity index (χ0n) is 16.7. The summed E-state index contributed by atoms with van der Waals surface area (Å²) in [5.41, 5.74) is 0. The third kappa shape index (κ3) is 24.6. The van der Waals surface area contributed by atoms with Crippen LogP contribution in [0.2, 0.25) is 0 Å². The highest BCUT2D eigenvalue weighted by molar-refractivity contribution is 9.09. The molecule has 158 valence electrons. The predicted octanol–water partition coefficient (Wildman–Crippen LogP) is 7.51. The Balaban J connectivity index is 3.02. The number of alkyl halides is 1. The minimum atomic E-state index is -4.26. The third-order valence-corrected chi connectivity index (χ3v) is 5.87. The van der Waals surface area contributed by atoms with Crippen LogP contribution < -0.4 is 0 Å². The van der Waals surface area contributed by atoms with Crippen LogP contribution in [0.3, 0.4) is 0 Å². The first-order valence-corrected chi connectivity index (χ1v) is 13.5. The Labute approximate surface area is 170 Å². The van der Waals surface area contributed by atoms with E-state index in [1.165, 1.54) is 96.3 Å². The van der Waals surface area contributed by atoms with Crippen LogP contribution in [0, 0.1) is 0 Å². The molecule has 0 aliphatic heterocycles. The van der Waals surface area contributed by atoms with E-state index in [0.717, 1.165) is 24.6 Å². The lowest BCUT2D eigenvalue weighted by Crippen LogP contribution is -1.92. The van der Waals surface area contributed by atoms with Crippen LogP contribution in [-0.2, 0) is 9.09 Å². The predicted molar refractivity (Wildman–Crippen MR) is 115 cm³/mol. The maximum absolute atomic E-state index is 10.5. The zero-order chi connectivity index (χ0) is 19.3. The van der Waals surface area contributed by atoms with Crippen LogP contribution in [0.25, 0.3) is 0 Å². The molecule has 0 fully saturated rings. The van der Waals surface area contributed by atoms with E-state index in [9.17, 15) is 4.57 Å². The molecule has 0 bridgehead atoms. The first kappa shape index (κ1) is 26.6. The van der Waals surface area contributed by atoms with Gasteiger partial charge in [0.25, 0.3) is 0 Å². The Bertz CT molecular complexity index is 323. The van der Waals surface area contributed by atoms with Gasteiger partial charge in [0, 0.05) is 5.33 Å². The molecule has 0 spiro atoms. The van der Waals surface area contributed by atoms with Gasteiger partial charge in [-0.25, -0.2) is 4.57 Å². The molecule has 0 rings (SSSR count). The van der Waals surface area contributed by atoms with Gasteiger partial charge in [0.15, 0.2) is 0 Å². The van der Waals surface area contributed by atoms with Crippen molar-refractivity contribution in [2.45, 2.75) is 116 Å². The molecule has 0 aliphatic carbocycles. The lowest BCUT2D eigenvalue weighted by Gasteiger charge is -2.05. The van der Waals surface area contributed by atoms with E-state index >= 15 is 0 Å². The molecule has 0 radical (unpaired) electrons. The van der Waals surface area contributed by atoms with Gasteiger partial charge in [0.1, 0.15) is 0 Å². The first-order valence-electron chi connectivity index (χ1n) is 10.8. The first-order chi connectivity index (χ1) is 12.6. The van der Waals surface area contributed by atoms with Crippen LogP contribution in [0.15, 0.2) is 0 Å². The summed E-state index contributed by atoms with van der Waals surface area (Å²) in [5, 5.41) is 1.16. The van der Waals surface area contributed by atoms with E-state index in [4.69, 9.17) is 9.79 Å². The quantitative estimate of drug-likeness (QED) is 0.106. The number of halogens is 1. The van der Waals surface area contributed by atoms with Gasteiger partial charge in [-0.1, -0.05) is 119 Å². The second-order valence-electron chi connectivity index (χ2n) is 7.38. The van der Waals surface area contributed by atoms with Gasteiger partial charge in [0.05, 0.1) is 6.61 Å². The molecular weight excluding hydrogens is 415 g/mol. The number of unbranched alkanes of at least 4 members (excludes halogenated alkanes) is 17. The maximum atomic E-state index is 10.5. The van der Waals surface area contributed by atoms with E-state index in [2.05, 4.69) is 20.5 Å². The van der Waals surface area contributed by atoms with E-state index in [1.54, 1.807) is 0 Å². The minimum Gasteiger partial charge on any atom is -0.303 e. The normalized spacial score (nSPS) is 12.0. The van der Waals surface area contributed by atoms with Crippen molar-refractivity contribution >= 4 is 23.8 Å². The minimum absolute atomic E-state index is 0.168. The van der Waals surface area contributed by atoms with Crippen molar-refractivity contribution in [3.8, 4) is 0 Å². The van der Waals surface area contributed by atoms with Crippen molar-refractivity contribution in [1.82, 2.24) is 0 Å². The fourth-order valence-electron chi connectivity index (χ4n) is 3.21. The van der Waals surface area contributed by atoms with Crippen LogP contribution in [0.1, 0.15) is 116 Å². The van der Waals surface area contributed by atoms with Crippen molar-refractivity contribution < 1.29 is 18.9 Å². The van der Waals surface area contributed by atoms with Crippen molar-refractivity contribution in [2.24, 2.45) is 0 Å². The highest BCUT2D eigenvalue weighted by atomic mass is 79.9. The van der Waals surface area contributed by atoms with Crippen LogP contribution in [0.4, 0.5) is 0 Å². The summed E-state index contributed by atoms with van der Waals surface area (Å²) in [6.07, 6.45) is 23.5. The molecule has 0 aliphatic rings. The highest BCUT2D eigenvalue weighted by Gasteiger charge is 2.12. The van der Waals surface area contributed by atoms with Gasteiger partial charge in [-0.2, -0.15) is 0 Å². The molecule has 0 atom stereocenters. The third-order valence-electron chi connectivity index (χ3n) is 4.79. The number of hydrogen-bond acceptors (Lipinski definition) is 2. The Morgan fingerprint density at radius 3 is 1.08 bits per heavy atom. The van der Waals surface area contributed by atoms with Crippen LogP contribution in [0.5, 0.6) is 0 Å². The second kappa shape index (κ2) is 20.3. The summed E-state index contributed by atoms with van der Waals surface area (Å²) in [5.74, 6) is 0. The average Bonchev–Trinajstić information content (AvgIpc) is 2.59. The van der Waals surface area contributed by atoms with E-state index in [0.29, 0.717) is 0 Å². The van der Waals surface area contributed by atoms with Gasteiger partial charge in [0.2, 0.25) is 0 Å². The highest BCUT2D eigenvalue weighted by Crippen LogP contribution is 2.35. The molecule has 0 unspecified atom stereocenters. The van der Waals surface area contributed by atoms with Crippen molar-refractivity contribution in [1.29, 1.82) is 0 Å². The van der Waals surface area contributed by atoms with Crippen LogP contribution >= 0.6 is 23.8 Å². The standard InChI is InChI=1S/C20H42BrO4P/c21-19-17-15-13-11-9-7-5-3-1-2-4-6-8-10-12-14-16-18-20-25-26(22,23)24/h1-20H2,(H2,22,23,24). The fourth-order valence-corrected chi connectivity index (χ4v) is 3.97. The van der Waals surface area contributed by atoms with Gasteiger partial charge in [-0.3, -0.25) is 4.52 Å². The molecular formula is C20H42BrO4P. The molecule has 26 heavy (non-hydrogen) atoms. The molecule has 0 amide bonds. The van der Waals surface area contributed by atoms with Gasteiger partial charge < -0.3 is 9.79 Å². The Kier molecular flexibility index (Phi) is 20.8. The Hall–Kier alpha value is 0.590. The maximum Gasteiger partial charge on any atom is 0.469 e. The monoisotopic (exact) mass is 456 g/mol. The number of phosphoric ester groups is 1. The largest absolute Gasteiger partial charge is 0.469 e. The molecule has 6 heteroatoms. The van der Waals surface area contributed by atoms with Crippen molar-refractivity contribution in [2.75, 3.05) is 11.9 Å². The smallest absolute Gasteiger partial charge is 0.303 e. The number of phosphoric acid groups is 1. The summed E-state index contributed by atoms with van der Waals surface area (Å²) in [4.78, 5) is 17.1. The molecule has 0 saturated carbocycles. The Morgan fingerprint density at radius 1 is 0.538 bits per heavy atom. The van der Waals surface area contributed by atoms with E-state index in [1.807, 2.05) is 0 Å². The van der Waals surface area contributed by atoms with Gasteiger partial charge in [-0.05, 0) is 12.8 Å². The van der Waals surface area contributed by atoms with Crippen molar-refractivity contribution in [3.05, 3.63) is 0 Å². The molecule has 4 nitrogen and oxygen atoms in total. The lowest BCUT2D eigenvalue weighted by molar-refractivity contribution is 0.193. The zero-order valence-corrected chi connectivity index (χ0v) is 19.2. The SMILES string of the molecule is O=P(O)(O)OCCCCCCCCCCCCCCCCCCCCBr. The molecule has 2 N–H and O–H groups in total. The molecule has 0 aromatic carbocycles. The second-order valence-corrected chi connectivity index (χ2v) is 9.41. The van der Waals surface area contributed by atoms with E-state index in [-0.39, 0.29) is 6.61 Å². The number of hydrogen-bond donors (Lipinski definition) is 2. The summed E-state index contributed by atoms with van der Waals surface area (Å²) in [6, 6.07) is 0. The molecule has 0 saturated heterocycles. The average molecular weight is 457 g/mol. The molecule has 0 heterocycles. The molecule has 0 aromatic rings. The Morgan fingerprint density at radius 2 is 0.808 bits per heavy atom. The molecule has 0 aromatic heterocycles. The fraction of sp³-hybridized carbons (Fsp3) is 1.00. The van der Waals surface area contributed by atoms with E-state index < -0.39 is 7.82 Å². The van der Waals surface area contributed by atoms with Crippen molar-refractivity contribution in [3.63, 3.8) is 0 Å². The van der Waals surface area contributed by atoms with Gasteiger partial charge in [-0.15, -0.1) is 0 Å².